The highest BCUT2D eigenvalue weighted by molar-refractivity contribution is 5.76. The zero-order valence-electron chi connectivity index (χ0n) is 11.7. The van der Waals surface area contributed by atoms with E-state index in [1.807, 2.05) is 31.2 Å². The van der Waals surface area contributed by atoms with Crippen LogP contribution in [0, 0.1) is 12.8 Å². The molecular weight excluding hydrogens is 238 g/mol. The van der Waals surface area contributed by atoms with E-state index in [-0.39, 0.29) is 5.91 Å². The first-order valence-electron chi connectivity index (χ1n) is 7.20. The van der Waals surface area contributed by atoms with E-state index in [0.717, 1.165) is 5.75 Å². The predicted octanol–water partition coefficient (Wildman–Crippen LogP) is 3.07. The Kier molecular flexibility index (Phi) is 5.25. The molecule has 1 saturated carbocycles. The Morgan fingerprint density at radius 2 is 1.95 bits per heavy atom. The van der Waals surface area contributed by atoms with Gasteiger partial charge in [-0.15, -0.1) is 0 Å². The lowest BCUT2D eigenvalue weighted by molar-refractivity contribution is -0.122. The summed E-state index contributed by atoms with van der Waals surface area (Å²) in [6.07, 6.45) is 5.69. The molecule has 0 bridgehead atoms. The third-order valence-corrected chi connectivity index (χ3v) is 3.66. The smallest absolute Gasteiger partial charge is 0.220 e. The quantitative estimate of drug-likeness (QED) is 0.799. The second-order valence-corrected chi connectivity index (χ2v) is 5.37. The number of hydrogen-bond acceptors (Lipinski definition) is 2. The summed E-state index contributed by atoms with van der Waals surface area (Å²) in [6, 6.07) is 7.95. The van der Waals surface area contributed by atoms with Crippen LogP contribution in [0.4, 0.5) is 0 Å². The maximum atomic E-state index is 11.7. The Hall–Kier alpha value is -1.51. The first-order chi connectivity index (χ1) is 9.24. The van der Waals surface area contributed by atoms with Crippen LogP contribution in [0.15, 0.2) is 24.3 Å². The van der Waals surface area contributed by atoms with E-state index in [1.165, 1.54) is 31.2 Å². The Bertz CT molecular complexity index is 394. The Morgan fingerprint density at radius 1 is 1.26 bits per heavy atom. The number of carbonyl (C=O) groups is 1. The number of rotatable bonds is 6. The van der Waals surface area contributed by atoms with Crippen LogP contribution >= 0.6 is 0 Å². The van der Waals surface area contributed by atoms with Crippen LogP contribution in [-0.4, -0.2) is 19.1 Å². The molecule has 2 rings (SSSR count). The summed E-state index contributed by atoms with van der Waals surface area (Å²) >= 11 is 0. The van der Waals surface area contributed by atoms with E-state index in [2.05, 4.69) is 5.32 Å². The minimum Gasteiger partial charge on any atom is -0.492 e. The van der Waals surface area contributed by atoms with Crippen molar-refractivity contribution in [3.8, 4) is 5.75 Å². The van der Waals surface area contributed by atoms with Gasteiger partial charge in [-0.3, -0.25) is 4.79 Å². The molecule has 0 unspecified atom stereocenters. The van der Waals surface area contributed by atoms with Gasteiger partial charge in [-0.05, 0) is 37.8 Å². The SMILES string of the molecule is Cc1ccc(OCCNC(=O)CC2CCCC2)cc1. The molecule has 0 saturated heterocycles. The van der Waals surface area contributed by atoms with E-state index in [9.17, 15) is 4.79 Å². The van der Waals surface area contributed by atoms with Crippen LogP contribution in [0.1, 0.15) is 37.7 Å². The van der Waals surface area contributed by atoms with Crippen LogP contribution in [-0.2, 0) is 4.79 Å². The molecule has 0 aromatic heterocycles. The van der Waals surface area contributed by atoms with Crippen LogP contribution < -0.4 is 10.1 Å². The Labute approximate surface area is 115 Å². The van der Waals surface area contributed by atoms with E-state index in [4.69, 9.17) is 4.74 Å². The van der Waals surface area contributed by atoms with Gasteiger partial charge in [-0.1, -0.05) is 30.5 Å². The van der Waals surface area contributed by atoms with Gasteiger partial charge < -0.3 is 10.1 Å². The monoisotopic (exact) mass is 261 g/mol. The molecule has 0 heterocycles. The number of benzene rings is 1. The summed E-state index contributed by atoms with van der Waals surface area (Å²) in [5.74, 6) is 1.63. The maximum absolute atomic E-state index is 11.7. The first-order valence-corrected chi connectivity index (χ1v) is 7.20. The third-order valence-electron chi connectivity index (χ3n) is 3.66. The summed E-state index contributed by atoms with van der Waals surface area (Å²) < 4.78 is 5.57. The van der Waals surface area contributed by atoms with Crippen molar-refractivity contribution in [3.05, 3.63) is 29.8 Å². The van der Waals surface area contributed by atoms with Gasteiger partial charge in [0.1, 0.15) is 12.4 Å². The van der Waals surface area contributed by atoms with E-state index in [1.54, 1.807) is 0 Å². The standard InChI is InChI=1S/C16H23NO2/c1-13-6-8-15(9-7-13)19-11-10-17-16(18)12-14-4-2-3-5-14/h6-9,14H,2-5,10-12H2,1H3,(H,17,18). The van der Waals surface area contributed by atoms with Gasteiger partial charge in [0.25, 0.3) is 0 Å². The minimum absolute atomic E-state index is 0.166. The van der Waals surface area contributed by atoms with Crippen LogP contribution in [0.5, 0.6) is 5.75 Å². The fraction of sp³-hybridized carbons (Fsp3) is 0.562. The average Bonchev–Trinajstić information content (AvgIpc) is 2.89. The lowest BCUT2D eigenvalue weighted by Crippen LogP contribution is -2.29. The number of hydrogen-bond donors (Lipinski definition) is 1. The molecule has 0 aliphatic heterocycles. The van der Waals surface area contributed by atoms with Crippen LogP contribution in [0.2, 0.25) is 0 Å². The molecule has 1 aliphatic carbocycles. The fourth-order valence-electron chi connectivity index (χ4n) is 2.54. The number of ether oxygens (including phenoxy) is 1. The van der Waals surface area contributed by atoms with Gasteiger partial charge in [0.2, 0.25) is 5.91 Å². The molecule has 1 N–H and O–H groups in total. The largest absolute Gasteiger partial charge is 0.492 e. The van der Waals surface area contributed by atoms with Crippen molar-refractivity contribution in [1.82, 2.24) is 5.32 Å². The molecule has 0 spiro atoms. The van der Waals surface area contributed by atoms with Crippen LogP contribution in [0.25, 0.3) is 0 Å². The van der Waals surface area contributed by atoms with Crippen molar-refractivity contribution in [2.24, 2.45) is 5.92 Å². The molecule has 104 valence electrons. The molecule has 1 aromatic rings. The van der Waals surface area contributed by atoms with Gasteiger partial charge in [0.15, 0.2) is 0 Å². The third kappa shape index (κ3) is 4.93. The molecule has 1 aliphatic rings. The molecule has 3 heteroatoms. The van der Waals surface area contributed by atoms with E-state index in [0.29, 0.717) is 25.5 Å². The van der Waals surface area contributed by atoms with Crippen molar-refractivity contribution in [1.29, 1.82) is 0 Å². The molecule has 1 fully saturated rings. The molecule has 1 aromatic carbocycles. The first kappa shape index (κ1) is 13.9. The summed E-state index contributed by atoms with van der Waals surface area (Å²) in [7, 11) is 0. The maximum Gasteiger partial charge on any atom is 0.220 e. The lowest BCUT2D eigenvalue weighted by atomic mass is 10.0. The molecule has 0 atom stereocenters. The normalized spacial score (nSPS) is 15.4. The highest BCUT2D eigenvalue weighted by Crippen LogP contribution is 2.27. The van der Waals surface area contributed by atoms with E-state index >= 15 is 0 Å². The Morgan fingerprint density at radius 3 is 2.63 bits per heavy atom. The van der Waals surface area contributed by atoms with Gasteiger partial charge in [-0.25, -0.2) is 0 Å². The molecule has 1 amide bonds. The van der Waals surface area contributed by atoms with Gasteiger partial charge in [0.05, 0.1) is 6.54 Å². The second kappa shape index (κ2) is 7.17. The van der Waals surface area contributed by atoms with Crippen molar-refractivity contribution < 1.29 is 9.53 Å². The van der Waals surface area contributed by atoms with Crippen molar-refractivity contribution in [2.75, 3.05) is 13.2 Å². The predicted molar refractivity (Wildman–Crippen MR) is 76.3 cm³/mol. The second-order valence-electron chi connectivity index (χ2n) is 5.37. The number of amides is 1. The summed E-state index contributed by atoms with van der Waals surface area (Å²) in [5, 5.41) is 2.93. The molecular formula is C16H23NO2. The van der Waals surface area contributed by atoms with Crippen molar-refractivity contribution >= 4 is 5.91 Å². The van der Waals surface area contributed by atoms with Gasteiger partial charge >= 0.3 is 0 Å². The topological polar surface area (TPSA) is 38.3 Å². The fourth-order valence-corrected chi connectivity index (χ4v) is 2.54. The minimum atomic E-state index is 0.166. The van der Waals surface area contributed by atoms with Crippen LogP contribution in [0.3, 0.4) is 0 Å². The van der Waals surface area contributed by atoms with Gasteiger partial charge in [0, 0.05) is 6.42 Å². The summed E-state index contributed by atoms with van der Waals surface area (Å²) in [4.78, 5) is 11.7. The summed E-state index contributed by atoms with van der Waals surface area (Å²) in [6.45, 7) is 3.16. The zero-order valence-corrected chi connectivity index (χ0v) is 11.7. The van der Waals surface area contributed by atoms with Gasteiger partial charge in [-0.2, -0.15) is 0 Å². The molecule has 0 radical (unpaired) electrons. The highest BCUT2D eigenvalue weighted by Gasteiger charge is 2.17. The lowest BCUT2D eigenvalue weighted by Gasteiger charge is -2.10. The Balaban J connectivity index is 1.58. The van der Waals surface area contributed by atoms with Crippen molar-refractivity contribution in [2.45, 2.75) is 39.0 Å². The number of carbonyl (C=O) groups excluding carboxylic acids is 1. The summed E-state index contributed by atoms with van der Waals surface area (Å²) in [5.41, 5.74) is 1.22. The number of aryl methyl sites for hydroxylation is 1. The van der Waals surface area contributed by atoms with E-state index < -0.39 is 0 Å². The van der Waals surface area contributed by atoms with Crippen molar-refractivity contribution in [3.63, 3.8) is 0 Å². The average molecular weight is 261 g/mol. The highest BCUT2D eigenvalue weighted by atomic mass is 16.5. The number of nitrogens with one attached hydrogen (secondary N) is 1. The molecule has 19 heavy (non-hydrogen) atoms. The molecule has 3 nitrogen and oxygen atoms in total. The zero-order chi connectivity index (χ0) is 13.5.